The fourth-order valence-electron chi connectivity index (χ4n) is 3.65. The largest absolute Gasteiger partial charge is 0.354 e. The van der Waals surface area contributed by atoms with Crippen molar-refractivity contribution in [3.05, 3.63) is 99.5 Å². The van der Waals surface area contributed by atoms with E-state index in [1.54, 1.807) is 4.90 Å². The lowest BCUT2D eigenvalue weighted by Crippen LogP contribution is -2.51. The molecule has 3 aromatic carbocycles. The lowest BCUT2D eigenvalue weighted by atomic mass is 10.0. The van der Waals surface area contributed by atoms with Gasteiger partial charge < -0.3 is 10.2 Å². The van der Waals surface area contributed by atoms with Gasteiger partial charge in [-0.15, -0.1) is 11.8 Å². The zero-order valence-corrected chi connectivity index (χ0v) is 22.9. The van der Waals surface area contributed by atoms with Crippen molar-refractivity contribution in [2.24, 2.45) is 0 Å². The summed E-state index contributed by atoms with van der Waals surface area (Å²) in [7, 11) is 0. The van der Waals surface area contributed by atoms with Gasteiger partial charge in [0.25, 0.3) is 0 Å². The predicted molar refractivity (Wildman–Crippen MR) is 149 cm³/mol. The van der Waals surface area contributed by atoms with Crippen LogP contribution in [0.1, 0.15) is 30.9 Å². The smallest absolute Gasteiger partial charge is 0.243 e. The van der Waals surface area contributed by atoms with Gasteiger partial charge in [0.2, 0.25) is 11.8 Å². The molecule has 1 unspecified atom stereocenters. The molecule has 0 fully saturated rings. The zero-order chi connectivity index (χ0) is 25.0. The number of hydrogen-bond acceptors (Lipinski definition) is 3. The molecule has 2 amide bonds. The van der Waals surface area contributed by atoms with E-state index in [1.807, 2.05) is 78.9 Å². The topological polar surface area (TPSA) is 49.4 Å². The van der Waals surface area contributed by atoms with Crippen LogP contribution < -0.4 is 5.32 Å². The number of benzene rings is 3. The fraction of sp³-hybridized carbons (Fsp3) is 0.286. The van der Waals surface area contributed by atoms with Gasteiger partial charge in [-0.05, 0) is 53.9 Å². The summed E-state index contributed by atoms with van der Waals surface area (Å²) in [5, 5.41) is 3.71. The number of rotatable bonds is 12. The summed E-state index contributed by atoms with van der Waals surface area (Å²) in [4.78, 5) is 29.7. The second-order valence-corrected chi connectivity index (χ2v) is 10.6. The van der Waals surface area contributed by atoms with Crippen LogP contribution in [0.4, 0.5) is 0 Å². The standard InChI is InChI=1S/C28H30BrClN2O2S/c1-2-3-16-31-28(34)26(18-21-8-5-4-6-9-21)32(19-22-10-7-11-23(29)17-22)27(33)20-35-25-14-12-24(30)13-15-25/h4-15,17,26H,2-3,16,18-20H2,1H3,(H,31,34). The van der Waals surface area contributed by atoms with E-state index >= 15 is 0 Å². The fourth-order valence-corrected chi connectivity index (χ4v) is 5.01. The number of carbonyl (C=O) groups is 2. The molecule has 0 heterocycles. The average Bonchev–Trinajstić information content (AvgIpc) is 2.86. The van der Waals surface area contributed by atoms with Gasteiger partial charge >= 0.3 is 0 Å². The lowest BCUT2D eigenvalue weighted by molar-refractivity contribution is -0.139. The van der Waals surface area contributed by atoms with Gasteiger partial charge in [0.05, 0.1) is 5.75 Å². The maximum atomic E-state index is 13.6. The van der Waals surface area contributed by atoms with Crippen LogP contribution in [0, 0.1) is 0 Å². The molecule has 1 N–H and O–H groups in total. The molecule has 3 rings (SSSR count). The summed E-state index contributed by atoms with van der Waals surface area (Å²) in [6, 6.07) is 24.5. The van der Waals surface area contributed by atoms with Crippen molar-refractivity contribution in [1.82, 2.24) is 10.2 Å². The number of nitrogens with zero attached hydrogens (tertiary/aromatic N) is 1. The number of thioether (sulfide) groups is 1. The average molecular weight is 574 g/mol. The number of unbranched alkanes of at least 4 members (excludes halogenated alkanes) is 1. The molecule has 0 spiro atoms. The molecule has 0 aliphatic heterocycles. The Bertz CT molecular complexity index is 1100. The minimum absolute atomic E-state index is 0.0866. The third-order valence-electron chi connectivity index (χ3n) is 5.52. The Labute approximate surface area is 225 Å². The quantitative estimate of drug-likeness (QED) is 0.193. The SMILES string of the molecule is CCCCNC(=O)C(Cc1ccccc1)N(Cc1cccc(Br)c1)C(=O)CSc1ccc(Cl)cc1. The highest BCUT2D eigenvalue weighted by Crippen LogP contribution is 2.23. The number of carbonyl (C=O) groups excluding carboxylic acids is 2. The maximum absolute atomic E-state index is 13.6. The highest BCUT2D eigenvalue weighted by Gasteiger charge is 2.30. The zero-order valence-electron chi connectivity index (χ0n) is 19.8. The van der Waals surface area contributed by atoms with Crippen LogP contribution in [-0.2, 0) is 22.6 Å². The molecule has 0 aromatic heterocycles. The first-order chi connectivity index (χ1) is 17.0. The van der Waals surface area contributed by atoms with Crippen molar-refractivity contribution in [3.8, 4) is 0 Å². The van der Waals surface area contributed by atoms with Gasteiger partial charge in [-0.1, -0.05) is 83.3 Å². The number of amides is 2. The first kappa shape index (κ1) is 27.3. The first-order valence-corrected chi connectivity index (χ1v) is 13.9. The number of hydrogen-bond donors (Lipinski definition) is 1. The second-order valence-electron chi connectivity index (χ2n) is 8.24. The van der Waals surface area contributed by atoms with Gasteiger partial charge in [0, 0.05) is 33.9 Å². The molecule has 0 aliphatic carbocycles. The Balaban J connectivity index is 1.87. The molecule has 0 aliphatic rings. The van der Waals surface area contributed by atoms with E-state index < -0.39 is 6.04 Å². The summed E-state index contributed by atoms with van der Waals surface area (Å²) in [6.45, 7) is 3.03. The highest BCUT2D eigenvalue weighted by molar-refractivity contribution is 9.10. The molecular weight excluding hydrogens is 544 g/mol. The molecule has 35 heavy (non-hydrogen) atoms. The predicted octanol–water partition coefficient (Wildman–Crippen LogP) is 6.75. The molecule has 4 nitrogen and oxygen atoms in total. The van der Waals surface area contributed by atoms with Gasteiger partial charge in [0.1, 0.15) is 6.04 Å². The van der Waals surface area contributed by atoms with Crippen LogP contribution in [0.15, 0.2) is 88.2 Å². The summed E-state index contributed by atoms with van der Waals surface area (Å²) in [6.07, 6.45) is 2.34. The van der Waals surface area contributed by atoms with Gasteiger partial charge in [-0.3, -0.25) is 9.59 Å². The van der Waals surface area contributed by atoms with Crippen molar-refractivity contribution >= 4 is 51.1 Å². The lowest BCUT2D eigenvalue weighted by Gasteiger charge is -2.31. The molecule has 0 saturated heterocycles. The van der Waals surface area contributed by atoms with Crippen molar-refractivity contribution in [1.29, 1.82) is 0 Å². The Hall–Kier alpha value is -2.28. The Morgan fingerprint density at radius 2 is 1.71 bits per heavy atom. The molecule has 3 aromatic rings. The summed E-state index contributed by atoms with van der Waals surface area (Å²) in [5.74, 6) is 0.0158. The van der Waals surface area contributed by atoms with Crippen LogP contribution in [0.5, 0.6) is 0 Å². The third-order valence-corrected chi connectivity index (χ3v) is 7.26. The minimum atomic E-state index is -0.619. The van der Waals surface area contributed by atoms with E-state index in [1.165, 1.54) is 11.8 Å². The first-order valence-electron chi connectivity index (χ1n) is 11.7. The molecule has 1 atom stereocenters. The summed E-state index contributed by atoms with van der Waals surface area (Å²) < 4.78 is 0.935. The van der Waals surface area contributed by atoms with Crippen molar-refractivity contribution in [2.45, 2.75) is 43.7 Å². The monoisotopic (exact) mass is 572 g/mol. The van der Waals surface area contributed by atoms with Crippen LogP contribution >= 0.6 is 39.3 Å². The maximum Gasteiger partial charge on any atom is 0.243 e. The van der Waals surface area contributed by atoms with E-state index in [4.69, 9.17) is 11.6 Å². The summed E-state index contributed by atoms with van der Waals surface area (Å²) in [5.41, 5.74) is 1.98. The van der Waals surface area contributed by atoms with Crippen molar-refractivity contribution in [3.63, 3.8) is 0 Å². The van der Waals surface area contributed by atoms with E-state index in [-0.39, 0.29) is 17.6 Å². The number of halogens is 2. The highest BCUT2D eigenvalue weighted by atomic mass is 79.9. The Morgan fingerprint density at radius 3 is 2.40 bits per heavy atom. The third kappa shape index (κ3) is 9.02. The molecule has 0 radical (unpaired) electrons. The number of nitrogens with one attached hydrogen (secondary N) is 1. The second kappa shape index (κ2) is 14.3. The van der Waals surface area contributed by atoms with E-state index in [0.717, 1.165) is 33.3 Å². The summed E-state index contributed by atoms with van der Waals surface area (Å²) >= 11 is 11.0. The Kier molecular flexibility index (Phi) is 11.2. The van der Waals surface area contributed by atoms with Gasteiger partial charge in [-0.25, -0.2) is 0 Å². The van der Waals surface area contributed by atoms with Crippen LogP contribution in [0.2, 0.25) is 5.02 Å². The van der Waals surface area contributed by atoms with Crippen molar-refractivity contribution in [2.75, 3.05) is 12.3 Å². The van der Waals surface area contributed by atoms with E-state index in [2.05, 4.69) is 28.2 Å². The van der Waals surface area contributed by atoms with E-state index in [0.29, 0.717) is 24.5 Å². The van der Waals surface area contributed by atoms with Gasteiger partial charge in [0.15, 0.2) is 0 Å². The van der Waals surface area contributed by atoms with Crippen molar-refractivity contribution < 1.29 is 9.59 Å². The Morgan fingerprint density at radius 1 is 1.00 bits per heavy atom. The van der Waals surface area contributed by atoms with E-state index in [9.17, 15) is 9.59 Å². The molecule has 184 valence electrons. The van der Waals surface area contributed by atoms with Crippen LogP contribution in [0.25, 0.3) is 0 Å². The minimum Gasteiger partial charge on any atom is -0.354 e. The van der Waals surface area contributed by atoms with Crippen LogP contribution in [-0.4, -0.2) is 35.1 Å². The molecule has 0 bridgehead atoms. The van der Waals surface area contributed by atoms with Gasteiger partial charge in [-0.2, -0.15) is 0 Å². The molecule has 7 heteroatoms. The molecular formula is C28H30BrClN2O2S. The van der Waals surface area contributed by atoms with Crippen LogP contribution in [0.3, 0.4) is 0 Å². The normalized spacial score (nSPS) is 11.6. The molecule has 0 saturated carbocycles.